The van der Waals surface area contributed by atoms with Gasteiger partial charge in [0.05, 0.1) is 11.9 Å². The molecule has 0 aliphatic rings. The van der Waals surface area contributed by atoms with Gasteiger partial charge in [0, 0.05) is 29.5 Å². The Bertz CT molecular complexity index is 1040. The molecular formula is C22H20N4O3. The molecule has 29 heavy (non-hydrogen) atoms. The fourth-order valence-electron chi connectivity index (χ4n) is 2.62. The first-order valence-electron chi connectivity index (χ1n) is 8.94. The van der Waals surface area contributed by atoms with Crippen molar-refractivity contribution < 1.29 is 14.4 Å². The molecule has 3 N–H and O–H groups in total. The van der Waals surface area contributed by atoms with E-state index in [4.69, 9.17) is 0 Å². The fourth-order valence-corrected chi connectivity index (χ4v) is 2.62. The van der Waals surface area contributed by atoms with Gasteiger partial charge in [-0.1, -0.05) is 12.1 Å². The van der Waals surface area contributed by atoms with Crippen molar-refractivity contribution in [3.63, 3.8) is 0 Å². The molecule has 2 amide bonds. The number of amides is 2. The summed E-state index contributed by atoms with van der Waals surface area (Å²) in [6.07, 6.45) is 1.56. The van der Waals surface area contributed by atoms with Gasteiger partial charge in [-0.2, -0.15) is 0 Å². The van der Waals surface area contributed by atoms with Crippen LogP contribution in [-0.2, 0) is 4.79 Å². The lowest BCUT2D eigenvalue weighted by Gasteiger charge is -2.09. The molecule has 7 nitrogen and oxygen atoms in total. The highest BCUT2D eigenvalue weighted by Gasteiger charge is 2.09. The van der Waals surface area contributed by atoms with Crippen molar-refractivity contribution in [2.75, 3.05) is 16.0 Å². The van der Waals surface area contributed by atoms with Crippen LogP contribution in [0.3, 0.4) is 0 Å². The van der Waals surface area contributed by atoms with Crippen molar-refractivity contribution in [1.82, 2.24) is 4.98 Å². The molecule has 1 heterocycles. The van der Waals surface area contributed by atoms with Crippen LogP contribution >= 0.6 is 0 Å². The van der Waals surface area contributed by atoms with E-state index < -0.39 is 0 Å². The molecule has 1 aromatic heterocycles. The summed E-state index contributed by atoms with van der Waals surface area (Å²) in [6.45, 7) is 2.93. The van der Waals surface area contributed by atoms with Gasteiger partial charge < -0.3 is 16.0 Å². The van der Waals surface area contributed by atoms with Crippen LogP contribution in [0.4, 0.5) is 22.7 Å². The predicted octanol–water partition coefficient (Wildman–Crippen LogP) is 4.24. The second-order valence-corrected chi connectivity index (χ2v) is 6.41. The number of hydrogen-bond acceptors (Lipinski definition) is 5. The highest BCUT2D eigenvalue weighted by Crippen LogP contribution is 2.19. The second kappa shape index (κ2) is 8.79. The van der Waals surface area contributed by atoms with E-state index >= 15 is 0 Å². The Morgan fingerprint density at radius 1 is 0.759 bits per heavy atom. The maximum absolute atomic E-state index is 12.4. The zero-order valence-electron chi connectivity index (χ0n) is 16.0. The van der Waals surface area contributed by atoms with Gasteiger partial charge in [-0.05, 0) is 55.5 Å². The molecule has 0 saturated heterocycles. The molecule has 0 unspecified atom stereocenters. The largest absolute Gasteiger partial charge is 0.354 e. The average Bonchev–Trinajstić information content (AvgIpc) is 2.70. The fraction of sp³-hybridized carbons (Fsp3) is 0.0909. The van der Waals surface area contributed by atoms with Crippen molar-refractivity contribution >= 4 is 40.3 Å². The summed E-state index contributed by atoms with van der Waals surface area (Å²) in [5, 5.41) is 8.61. The Morgan fingerprint density at radius 3 is 2.07 bits per heavy atom. The molecule has 3 aromatic rings. The normalized spacial score (nSPS) is 10.1. The van der Waals surface area contributed by atoms with Gasteiger partial charge in [-0.15, -0.1) is 0 Å². The lowest BCUT2D eigenvalue weighted by molar-refractivity contribution is -0.114. The lowest BCUT2D eigenvalue weighted by atomic mass is 10.1. The highest BCUT2D eigenvalue weighted by atomic mass is 16.2. The summed E-state index contributed by atoms with van der Waals surface area (Å²) in [5.41, 5.74) is 3.56. The van der Waals surface area contributed by atoms with E-state index in [2.05, 4.69) is 20.9 Å². The molecule has 0 radical (unpaired) electrons. The molecule has 0 fully saturated rings. The minimum Gasteiger partial charge on any atom is -0.354 e. The topological polar surface area (TPSA) is 100 Å². The number of rotatable bonds is 6. The molecule has 0 atom stereocenters. The molecular weight excluding hydrogens is 368 g/mol. The van der Waals surface area contributed by atoms with Crippen LogP contribution in [0.15, 0.2) is 66.9 Å². The first-order valence-corrected chi connectivity index (χ1v) is 8.94. The van der Waals surface area contributed by atoms with E-state index in [1.165, 1.54) is 13.8 Å². The van der Waals surface area contributed by atoms with E-state index in [1.807, 2.05) is 12.1 Å². The average molecular weight is 388 g/mol. The molecule has 3 rings (SSSR count). The molecule has 0 saturated carbocycles. The second-order valence-electron chi connectivity index (χ2n) is 6.41. The Labute approximate surface area is 168 Å². The lowest BCUT2D eigenvalue weighted by Crippen LogP contribution is -2.14. The third-order valence-corrected chi connectivity index (χ3v) is 4.02. The van der Waals surface area contributed by atoms with Crippen LogP contribution in [0.1, 0.15) is 34.7 Å². The third-order valence-electron chi connectivity index (χ3n) is 4.02. The Balaban J connectivity index is 1.63. The van der Waals surface area contributed by atoms with E-state index in [1.54, 1.807) is 54.7 Å². The number of aromatic nitrogens is 1. The number of ketones is 1. The van der Waals surface area contributed by atoms with E-state index in [0.29, 0.717) is 22.6 Å². The molecule has 0 spiro atoms. The van der Waals surface area contributed by atoms with Gasteiger partial charge in [-0.3, -0.25) is 14.4 Å². The van der Waals surface area contributed by atoms with E-state index in [-0.39, 0.29) is 23.3 Å². The van der Waals surface area contributed by atoms with Crippen molar-refractivity contribution in [3.05, 3.63) is 78.1 Å². The molecule has 0 aliphatic heterocycles. The van der Waals surface area contributed by atoms with Gasteiger partial charge in [0.15, 0.2) is 5.78 Å². The molecule has 7 heteroatoms. The number of carbonyl (C=O) groups is 3. The van der Waals surface area contributed by atoms with Crippen LogP contribution in [-0.4, -0.2) is 22.6 Å². The zero-order valence-corrected chi connectivity index (χ0v) is 16.0. The Kier molecular flexibility index (Phi) is 5.99. The maximum atomic E-state index is 12.4. The number of benzene rings is 2. The van der Waals surface area contributed by atoms with Crippen LogP contribution in [0.5, 0.6) is 0 Å². The van der Waals surface area contributed by atoms with E-state index in [9.17, 15) is 14.4 Å². The number of nitrogens with zero attached hydrogens (tertiary/aromatic N) is 1. The Hall–Kier alpha value is -4.00. The minimum atomic E-state index is -0.364. The van der Waals surface area contributed by atoms with Crippen LogP contribution in [0, 0.1) is 0 Å². The highest BCUT2D eigenvalue weighted by molar-refractivity contribution is 6.04. The Morgan fingerprint density at radius 2 is 1.45 bits per heavy atom. The number of anilines is 4. The van der Waals surface area contributed by atoms with Gasteiger partial charge in [0.25, 0.3) is 5.91 Å². The molecule has 2 aromatic carbocycles. The summed E-state index contributed by atoms with van der Waals surface area (Å²) >= 11 is 0. The number of pyridine rings is 1. The first-order chi connectivity index (χ1) is 13.9. The van der Waals surface area contributed by atoms with Crippen LogP contribution < -0.4 is 16.0 Å². The van der Waals surface area contributed by atoms with Gasteiger partial charge in [-0.25, -0.2) is 4.98 Å². The van der Waals surface area contributed by atoms with Crippen molar-refractivity contribution in [3.8, 4) is 0 Å². The minimum absolute atomic E-state index is 0.0697. The SMILES string of the molecule is CC(=O)Nc1ccc(Nc2ccc(C(=O)Nc3cccc(C(C)=O)c3)nc2)cc1. The summed E-state index contributed by atoms with van der Waals surface area (Å²) in [4.78, 5) is 39.1. The summed E-state index contributed by atoms with van der Waals surface area (Å²) < 4.78 is 0. The third kappa shape index (κ3) is 5.49. The van der Waals surface area contributed by atoms with Crippen LogP contribution in [0.2, 0.25) is 0 Å². The quantitative estimate of drug-likeness (QED) is 0.549. The van der Waals surface area contributed by atoms with Gasteiger partial charge >= 0.3 is 0 Å². The molecule has 146 valence electrons. The van der Waals surface area contributed by atoms with Crippen molar-refractivity contribution in [2.24, 2.45) is 0 Å². The van der Waals surface area contributed by atoms with Gasteiger partial charge in [0.1, 0.15) is 5.69 Å². The van der Waals surface area contributed by atoms with Crippen molar-refractivity contribution in [1.29, 1.82) is 0 Å². The number of hydrogen-bond donors (Lipinski definition) is 3. The number of Topliss-reactive ketones (excluding diaryl/α,β-unsaturated/α-hetero) is 1. The predicted molar refractivity (Wildman–Crippen MR) is 113 cm³/mol. The maximum Gasteiger partial charge on any atom is 0.274 e. The zero-order chi connectivity index (χ0) is 20.8. The first kappa shape index (κ1) is 19.8. The van der Waals surface area contributed by atoms with Crippen LogP contribution in [0.25, 0.3) is 0 Å². The van der Waals surface area contributed by atoms with E-state index in [0.717, 1.165) is 5.69 Å². The summed E-state index contributed by atoms with van der Waals surface area (Å²) in [5.74, 6) is -0.562. The standard InChI is InChI=1S/C22H20N4O3/c1-14(27)16-4-3-5-19(12-16)26-22(29)21-11-10-20(13-23-21)25-18-8-6-17(7-9-18)24-15(2)28/h3-13,25H,1-2H3,(H,24,28)(H,26,29). The molecule has 0 aliphatic carbocycles. The molecule has 0 bridgehead atoms. The summed E-state index contributed by atoms with van der Waals surface area (Å²) in [7, 11) is 0. The van der Waals surface area contributed by atoms with Gasteiger partial charge in [0.2, 0.25) is 5.91 Å². The smallest absolute Gasteiger partial charge is 0.274 e. The number of nitrogens with one attached hydrogen (secondary N) is 3. The van der Waals surface area contributed by atoms with Crippen molar-refractivity contribution in [2.45, 2.75) is 13.8 Å². The summed E-state index contributed by atoms with van der Waals surface area (Å²) in [6, 6.07) is 17.3. The monoisotopic (exact) mass is 388 g/mol. The number of carbonyl (C=O) groups excluding carboxylic acids is 3.